The van der Waals surface area contributed by atoms with Gasteiger partial charge in [0.25, 0.3) is 0 Å². The van der Waals surface area contributed by atoms with Crippen LogP contribution in [0.5, 0.6) is 5.75 Å². The fourth-order valence-electron chi connectivity index (χ4n) is 1.94. The molecule has 1 fully saturated rings. The number of rotatable bonds is 7. The van der Waals surface area contributed by atoms with Crippen molar-refractivity contribution >= 4 is 27.6 Å². The molecule has 1 aromatic rings. The van der Waals surface area contributed by atoms with Crippen molar-refractivity contribution in [1.82, 2.24) is 4.90 Å². The normalized spacial score (nSPS) is 14.8. The zero-order chi connectivity index (χ0) is 15.5. The summed E-state index contributed by atoms with van der Waals surface area (Å²) in [4.78, 5) is 13.6. The van der Waals surface area contributed by atoms with E-state index in [0.717, 1.165) is 18.4 Å². The Kier molecular flexibility index (Phi) is 5.11. The van der Waals surface area contributed by atoms with Gasteiger partial charge in [0, 0.05) is 12.6 Å². The predicted molar refractivity (Wildman–Crippen MR) is 80.8 cm³/mol. The highest BCUT2D eigenvalue weighted by atomic mass is 35.5. The SMILES string of the molecule is CCS(=O)(=O)Oc1ccc(CN(C(=O)CCl)C2CC2)cc1. The minimum atomic E-state index is -3.51. The van der Waals surface area contributed by atoms with E-state index < -0.39 is 10.1 Å². The van der Waals surface area contributed by atoms with E-state index in [9.17, 15) is 13.2 Å². The number of carbonyl (C=O) groups is 1. The molecule has 0 saturated heterocycles. The molecule has 21 heavy (non-hydrogen) atoms. The molecule has 0 atom stereocenters. The Hall–Kier alpha value is -1.27. The van der Waals surface area contributed by atoms with Gasteiger partial charge in [0.1, 0.15) is 11.6 Å². The topological polar surface area (TPSA) is 63.7 Å². The molecule has 0 N–H and O–H groups in total. The van der Waals surface area contributed by atoms with E-state index in [1.54, 1.807) is 29.2 Å². The fourth-order valence-corrected chi connectivity index (χ4v) is 2.61. The van der Waals surface area contributed by atoms with E-state index in [4.69, 9.17) is 15.8 Å². The van der Waals surface area contributed by atoms with Crippen LogP contribution in [0.1, 0.15) is 25.3 Å². The van der Waals surface area contributed by atoms with Crippen LogP contribution >= 0.6 is 11.6 Å². The lowest BCUT2D eigenvalue weighted by Crippen LogP contribution is -2.33. The first kappa shape index (κ1) is 16.1. The summed E-state index contributed by atoms with van der Waals surface area (Å²) in [6, 6.07) is 7.00. The van der Waals surface area contributed by atoms with Crippen molar-refractivity contribution in [3.05, 3.63) is 29.8 Å². The molecule has 1 aromatic carbocycles. The van der Waals surface area contributed by atoms with Gasteiger partial charge in [0.2, 0.25) is 5.91 Å². The summed E-state index contributed by atoms with van der Waals surface area (Å²) in [5, 5.41) is 0. The van der Waals surface area contributed by atoms with Gasteiger partial charge in [-0.1, -0.05) is 12.1 Å². The zero-order valence-electron chi connectivity index (χ0n) is 11.8. The number of nitrogens with zero attached hydrogens (tertiary/aromatic N) is 1. The molecule has 1 aliphatic rings. The number of hydrogen-bond acceptors (Lipinski definition) is 4. The van der Waals surface area contributed by atoms with Gasteiger partial charge < -0.3 is 9.08 Å². The molecule has 0 radical (unpaired) electrons. The highest BCUT2D eigenvalue weighted by Gasteiger charge is 2.31. The quantitative estimate of drug-likeness (QED) is 0.567. The van der Waals surface area contributed by atoms with Gasteiger partial charge in [0.05, 0.1) is 5.75 Å². The van der Waals surface area contributed by atoms with Crippen LogP contribution in [0.2, 0.25) is 0 Å². The number of amides is 1. The van der Waals surface area contributed by atoms with Crippen molar-refractivity contribution in [3.8, 4) is 5.75 Å². The number of carbonyl (C=O) groups excluding carboxylic acids is 1. The average molecular weight is 332 g/mol. The molecule has 1 saturated carbocycles. The van der Waals surface area contributed by atoms with Crippen molar-refractivity contribution in [1.29, 1.82) is 0 Å². The van der Waals surface area contributed by atoms with Crippen LogP contribution in [0.15, 0.2) is 24.3 Å². The number of halogens is 1. The highest BCUT2D eigenvalue weighted by Crippen LogP contribution is 2.29. The molecule has 1 aliphatic carbocycles. The molecule has 0 spiro atoms. The third-order valence-electron chi connectivity index (χ3n) is 3.28. The van der Waals surface area contributed by atoms with Crippen molar-refractivity contribution in [3.63, 3.8) is 0 Å². The number of alkyl halides is 1. The third kappa shape index (κ3) is 4.61. The van der Waals surface area contributed by atoms with E-state index >= 15 is 0 Å². The summed E-state index contributed by atoms with van der Waals surface area (Å²) in [7, 11) is -3.51. The average Bonchev–Trinajstić information content (AvgIpc) is 3.30. The summed E-state index contributed by atoms with van der Waals surface area (Å²) >= 11 is 5.62. The smallest absolute Gasteiger partial charge is 0.308 e. The lowest BCUT2D eigenvalue weighted by molar-refractivity contribution is -0.129. The Morgan fingerprint density at radius 3 is 2.43 bits per heavy atom. The second kappa shape index (κ2) is 6.66. The fraction of sp³-hybridized carbons (Fsp3) is 0.500. The summed E-state index contributed by atoms with van der Waals surface area (Å²) < 4.78 is 27.6. The molecule has 2 rings (SSSR count). The molecule has 116 valence electrons. The summed E-state index contributed by atoms with van der Waals surface area (Å²) in [5.74, 6) is 0.108. The molecular weight excluding hydrogens is 314 g/mol. The Labute approximate surface area is 130 Å². The second-order valence-electron chi connectivity index (χ2n) is 4.96. The predicted octanol–water partition coefficient (Wildman–Crippen LogP) is 2.14. The molecular formula is C14H18ClNO4S. The maximum Gasteiger partial charge on any atom is 0.308 e. The van der Waals surface area contributed by atoms with Gasteiger partial charge in [0.15, 0.2) is 0 Å². The largest absolute Gasteiger partial charge is 0.382 e. The van der Waals surface area contributed by atoms with Gasteiger partial charge in [-0.25, -0.2) is 0 Å². The van der Waals surface area contributed by atoms with Gasteiger partial charge >= 0.3 is 10.1 Å². The van der Waals surface area contributed by atoms with Crippen molar-refractivity contribution in [2.45, 2.75) is 32.4 Å². The van der Waals surface area contributed by atoms with E-state index in [1.165, 1.54) is 6.92 Å². The van der Waals surface area contributed by atoms with Crippen LogP contribution in [0, 0.1) is 0 Å². The van der Waals surface area contributed by atoms with Crippen molar-refractivity contribution in [2.75, 3.05) is 11.6 Å². The molecule has 0 unspecified atom stereocenters. The first-order chi connectivity index (χ1) is 9.95. The van der Waals surface area contributed by atoms with E-state index in [1.807, 2.05) is 0 Å². The van der Waals surface area contributed by atoms with Crippen LogP contribution in [0.3, 0.4) is 0 Å². The lowest BCUT2D eigenvalue weighted by Gasteiger charge is -2.21. The van der Waals surface area contributed by atoms with Gasteiger partial charge in [-0.3, -0.25) is 4.79 Å². The number of hydrogen-bond donors (Lipinski definition) is 0. The molecule has 1 amide bonds. The Morgan fingerprint density at radius 2 is 1.95 bits per heavy atom. The number of benzene rings is 1. The molecule has 0 heterocycles. The van der Waals surface area contributed by atoms with Crippen LogP contribution in [-0.4, -0.2) is 36.9 Å². The maximum atomic E-state index is 11.8. The monoisotopic (exact) mass is 331 g/mol. The van der Waals surface area contributed by atoms with Crippen LogP contribution in [-0.2, 0) is 21.5 Å². The molecule has 5 nitrogen and oxygen atoms in total. The van der Waals surface area contributed by atoms with E-state index in [0.29, 0.717) is 6.54 Å². The first-order valence-electron chi connectivity index (χ1n) is 6.81. The molecule has 0 aromatic heterocycles. The van der Waals surface area contributed by atoms with Crippen molar-refractivity contribution < 1.29 is 17.4 Å². The minimum absolute atomic E-state index is 0.0214. The Balaban J connectivity index is 2.03. The first-order valence-corrected chi connectivity index (χ1v) is 8.93. The van der Waals surface area contributed by atoms with Crippen molar-refractivity contribution in [2.24, 2.45) is 0 Å². The third-order valence-corrected chi connectivity index (χ3v) is 4.66. The summed E-state index contributed by atoms with van der Waals surface area (Å²) in [5.41, 5.74) is 0.918. The second-order valence-corrected chi connectivity index (χ2v) is 7.09. The summed E-state index contributed by atoms with van der Waals surface area (Å²) in [6.07, 6.45) is 2.02. The maximum absolute atomic E-state index is 11.8. The van der Waals surface area contributed by atoms with Gasteiger partial charge in [-0.15, -0.1) is 11.6 Å². The molecule has 7 heteroatoms. The molecule has 0 aliphatic heterocycles. The standard InChI is InChI=1S/C14H18ClNO4S/c1-2-21(18,19)20-13-7-3-11(4-8-13)10-16(12-5-6-12)14(17)9-15/h3-4,7-8,12H,2,5-6,9-10H2,1H3. The minimum Gasteiger partial charge on any atom is -0.382 e. The van der Waals surface area contributed by atoms with Gasteiger partial charge in [-0.05, 0) is 37.5 Å². The van der Waals surface area contributed by atoms with E-state index in [-0.39, 0.29) is 29.3 Å². The van der Waals surface area contributed by atoms with E-state index in [2.05, 4.69) is 0 Å². The zero-order valence-corrected chi connectivity index (χ0v) is 13.4. The molecule has 0 bridgehead atoms. The van der Waals surface area contributed by atoms with Gasteiger partial charge in [-0.2, -0.15) is 8.42 Å². The Morgan fingerprint density at radius 1 is 1.33 bits per heavy atom. The summed E-state index contributed by atoms with van der Waals surface area (Å²) in [6.45, 7) is 2.01. The lowest BCUT2D eigenvalue weighted by atomic mass is 10.2. The van der Waals surface area contributed by atoms with Crippen LogP contribution in [0.4, 0.5) is 0 Å². The van der Waals surface area contributed by atoms with Crippen LogP contribution in [0.25, 0.3) is 0 Å². The van der Waals surface area contributed by atoms with Crippen LogP contribution < -0.4 is 4.18 Å². The highest BCUT2D eigenvalue weighted by molar-refractivity contribution is 7.87. The Bertz CT molecular complexity index is 596.